The third-order valence-electron chi connectivity index (χ3n) is 2.57. The Morgan fingerprint density at radius 3 is 2.14 bits per heavy atom. The molecule has 1 unspecified atom stereocenters. The molecule has 1 rings (SSSR count). The van der Waals surface area contributed by atoms with Gasteiger partial charge in [-0.25, -0.2) is 0 Å². The zero-order valence-corrected chi connectivity index (χ0v) is 8.57. The third kappa shape index (κ3) is 2.39. The lowest BCUT2D eigenvalue weighted by atomic mass is 9.93. The molecule has 78 valence electrons. The Hall–Kier alpha value is -1.22. The van der Waals surface area contributed by atoms with Crippen molar-refractivity contribution in [3.63, 3.8) is 0 Å². The number of nitrogens with two attached hydrogens (primary N) is 1. The first kappa shape index (κ1) is 10.9. The molecule has 3 nitrogen and oxygen atoms in total. The molecule has 0 aromatic heterocycles. The summed E-state index contributed by atoms with van der Waals surface area (Å²) in [5.41, 5.74) is 6.74. The topological polar surface area (TPSA) is 66.5 Å². The molecule has 0 saturated heterocycles. The van der Waals surface area contributed by atoms with Crippen molar-refractivity contribution >= 4 is 0 Å². The van der Waals surface area contributed by atoms with Crippen LogP contribution in [0.3, 0.4) is 0 Å². The van der Waals surface area contributed by atoms with Crippen molar-refractivity contribution in [1.82, 2.24) is 0 Å². The summed E-state index contributed by atoms with van der Waals surface area (Å²) in [6.45, 7) is 4.11. The molecule has 1 aromatic carbocycles. The molecule has 0 spiro atoms. The van der Waals surface area contributed by atoms with Crippen LogP contribution in [-0.4, -0.2) is 10.2 Å². The largest absolute Gasteiger partial charge is 0.508 e. The molecule has 0 radical (unpaired) electrons. The average Bonchev–Trinajstić information content (AvgIpc) is 2.14. The second kappa shape index (κ2) is 4.33. The van der Waals surface area contributed by atoms with Crippen LogP contribution in [0.1, 0.15) is 31.9 Å². The van der Waals surface area contributed by atoms with Gasteiger partial charge in [0.25, 0.3) is 0 Å². The van der Waals surface area contributed by atoms with Crippen LogP contribution in [0.25, 0.3) is 0 Å². The van der Waals surface area contributed by atoms with Gasteiger partial charge >= 0.3 is 0 Å². The van der Waals surface area contributed by atoms with Gasteiger partial charge in [-0.15, -0.1) is 0 Å². The molecule has 1 aromatic rings. The summed E-state index contributed by atoms with van der Waals surface area (Å²) in [6.07, 6.45) is 0.970. The number of phenolic OH excluding ortho intramolecular Hbond substituents is 2. The smallest absolute Gasteiger partial charge is 0.119 e. The van der Waals surface area contributed by atoms with Crippen LogP contribution < -0.4 is 5.73 Å². The minimum Gasteiger partial charge on any atom is -0.508 e. The highest BCUT2D eigenvalue weighted by Gasteiger charge is 2.14. The maximum atomic E-state index is 9.28. The predicted octanol–water partition coefficient (Wildman–Crippen LogP) is 2.14. The van der Waals surface area contributed by atoms with Gasteiger partial charge in [0.05, 0.1) is 0 Å². The Morgan fingerprint density at radius 1 is 1.21 bits per heavy atom. The third-order valence-corrected chi connectivity index (χ3v) is 2.57. The van der Waals surface area contributed by atoms with E-state index in [1.807, 2.05) is 6.92 Å². The van der Waals surface area contributed by atoms with Crippen LogP contribution in [0.5, 0.6) is 11.5 Å². The number of hydrogen-bond donors (Lipinski definition) is 3. The second-order valence-corrected chi connectivity index (χ2v) is 3.69. The maximum absolute atomic E-state index is 9.28. The Balaban J connectivity index is 2.94. The highest BCUT2D eigenvalue weighted by Crippen LogP contribution is 2.28. The van der Waals surface area contributed by atoms with E-state index >= 15 is 0 Å². The minimum absolute atomic E-state index is 0.0544. The normalized spacial score (nSPS) is 15.1. The number of phenols is 2. The molecular formula is C11H17NO2. The van der Waals surface area contributed by atoms with Gasteiger partial charge in [0.15, 0.2) is 0 Å². The van der Waals surface area contributed by atoms with Gasteiger partial charge < -0.3 is 15.9 Å². The van der Waals surface area contributed by atoms with Gasteiger partial charge in [-0.1, -0.05) is 20.3 Å². The van der Waals surface area contributed by atoms with Crippen molar-refractivity contribution in [2.24, 2.45) is 11.7 Å². The maximum Gasteiger partial charge on any atom is 0.119 e. The molecule has 2 atom stereocenters. The van der Waals surface area contributed by atoms with E-state index in [0.29, 0.717) is 5.92 Å². The number of hydrogen-bond acceptors (Lipinski definition) is 3. The van der Waals surface area contributed by atoms with Crippen LogP contribution in [0.2, 0.25) is 0 Å². The van der Waals surface area contributed by atoms with E-state index < -0.39 is 0 Å². The van der Waals surface area contributed by atoms with Crippen LogP contribution >= 0.6 is 0 Å². The Kier molecular flexibility index (Phi) is 3.36. The van der Waals surface area contributed by atoms with E-state index in [9.17, 15) is 10.2 Å². The molecule has 0 amide bonds. The quantitative estimate of drug-likeness (QED) is 0.692. The Morgan fingerprint density at radius 2 is 1.71 bits per heavy atom. The fraction of sp³-hybridized carbons (Fsp3) is 0.455. The molecule has 0 bridgehead atoms. The standard InChI is InChI=1S/C11H17NO2/c1-3-7(2)11(12)8-4-9(13)6-10(14)5-8/h4-7,11,13-14H,3,12H2,1-2H3/t7?,11-/m0/s1. The first-order valence-corrected chi connectivity index (χ1v) is 4.83. The molecule has 0 aliphatic carbocycles. The van der Waals surface area contributed by atoms with Crippen LogP contribution in [0, 0.1) is 5.92 Å². The lowest BCUT2D eigenvalue weighted by Crippen LogP contribution is -2.18. The summed E-state index contributed by atoms with van der Waals surface area (Å²) < 4.78 is 0. The van der Waals surface area contributed by atoms with Crippen molar-refractivity contribution in [2.45, 2.75) is 26.3 Å². The summed E-state index contributed by atoms with van der Waals surface area (Å²) in [5.74, 6) is 0.439. The van der Waals surface area contributed by atoms with E-state index in [1.54, 1.807) is 12.1 Å². The summed E-state index contributed by atoms with van der Waals surface area (Å²) in [5, 5.41) is 18.6. The number of rotatable bonds is 3. The summed E-state index contributed by atoms with van der Waals surface area (Å²) >= 11 is 0. The fourth-order valence-corrected chi connectivity index (χ4v) is 1.39. The molecule has 0 saturated carbocycles. The molecule has 3 heteroatoms. The van der Waals surface area contributed by atoms with E-state index in [-0.39, 0.29) is 17.5 Å². The lowest BCUT2D eigenvalue weighted by Gasteiger charge is -2.18. The minimum atomic E-state index is -0.141. The van der Waals surface area contributed by atoms with E-state index in [0.717, 1.165) is 12.0 Å². The van der Waals surface area contributed by atoms with Gasteiger partial charge in [0.2, 0.25) is 0 Å². The number of benzene rings is 1. The molecule has 4 N–H and O–H groups in total. The summed E-state index contributed by atoms with van der Waals surface area (Å²) in [7, 11) is 0. The van der Waals surface area contributed by atoms with E-state index in [2.05, 4.69) is 6.92 Å². The Bertz CT molecular complexity index is 292. The van der Waals surface area contributed by atoms with E-state index in [4.69, 9.17) is 5.73 Å². The molecule has 14 heavy (non-hydrogen) atoms. The average molecular weight is 195 g/mol. The molecule has 0 heterocycles. The van der Waals surface area contributed by atoms with Gasteiger partial charge in [-0.3, -0.25) is 0 Å². The zero-order valence-electron chi connectivity index (χ0n) is 8.57. The van der Waals surface area contributed by atoms with Crippen molar-refractivity contribution in [3.8, 4) is 11.5 Å². The van der Waals surface area contributed by atoms with Crippen molar-refractivity contribution < 1.29 is 10.2 Å². The van der Waals surface area contributed by atoms with Gasteiger partial charge in [0, 0.05) is 12.1 Å². The zero-order chi connectivity index (χ0) is 10.7. The molecule has 0 aliphatic heterocycles. The highest BCUT2D eigenvalue weighted by atomic mass is 16.3. The fourth-order valence-electron chi connectivity index (χ4n) is 1.39. The molecule has 0 aliphatic rings. The van der Waals surface area contributed by atoms with Gasteiger partial charge in [0.1, 0.15) is 11.5 Å². The monoisotopic (exact) mass is 195 g/mol. The van der Waals surface area contributed by atoms with Crippen molar-refractivity contribution in [2.75, 3.05) is 0 Å². The highest BCUT2D eigenvalue weighted by molar-refractivity contribution is 5.38. The lowest BCUT2D eigenvalue weighted by molar-refractivity contribution is 0.432. The Labute approximate surface area is 84.2 Å². The van der Waals surface area contributed by atoms with Crippen LogP contribution in [0.15, 0.2) is 18.2 Å². The molecular weight excluding hydrogens is 178 g/mol. The second-order valence-electron chi connectivity index (χ2n) is 3.69. The first-order chi connectivity index (χ1) is 6.54. The summed E-state index contributed by atoms with van der Waals surface area (Å²) in [4.78, 5) is 0. The van der Waals surface area contributed by atoms with Crippen LogP contribution in [-0.2, 0) is 0 Å². The van der Waals surface area contributed by atoms with Crippen molar-refractivity contribution in [3.05, 3.63) is 23.8 Å². The van der Waals surface area contributed by atoms with E-state index in [1.165, 1.54) is 6.07 Å². The SMILES string of the molecule is CCC(C)[C@H](N)c1cc(O)cc(O)c1. The van der Waals surface area contributed by atoms with Crippen molar-refractivity contribution in [1.29, 1.82) is 0 Å². The predicted molar refractivity (Wildman–Crippen MR) is 56.2 cm³/mol. The van der Waals surface area contributed by atoms with Crippen LogP contribution in [0.4, 0.5) is 0 Å². The van der Waals surface area contributed by atoms with Gasteiger partial charge in [-0.2, -0.15) is 0 Å². The first-order valence-electron chi connectivity index (χ1n) is 4.83. The van der Waals surface area contributed by atoms with Gasteiger partial charge in [-0.05, 0) is 23.6 Å². The molecule has 0 fully saturated rings. The summed E-state index contributed by atoms with van der Waals surface area (Å²) in [6, 6.07) is 4.35. The number of aromatic hydroxyl groups is 2.